The van der Waals surface area contributed by atoms with Crippen LogP contribution in [0, 0.1) is 5.92 Å². The molecule has 0 bridgehead atoms. The highest BCUT2D eigenvalue weighted by Crippen LogP contribution is 2.27. The third kappa shape index (κ3) is 3.09. The monoisotopic (exact) mass is 393 g/mol. The molecule has 5 heteroatoms. The molecule has 1 saturated heterocycles. The van der Waals surface area contributed by atoms with Gasteiger partial charge in [0.25, 0.3) is 5.91 Å². The Kier molecular flexibility index (Phi) is 4.73. The third-order valence-electron chi connectivity index (χ3n) is 3.31. The van der Waals surface area contributed by atoms with E-state index in [1.54, 1.807) is 0 Å². The SMILES string of the molecule is CC1CCN(C(=O)c2cc(Br)ccc2Br)CC1Cl. The van der Waals surface area contributed by atoms with Crippen molar-refractivity contribution in [3.05, 3.63) is 32.7 Å². The molecule has 0 N–H and O–H groups in total. The number of piperidine rings is 1. The smallest absolute Gasteiger partial charge is 0.255 e. The van der Waals surface area contributed by atoms with Crippen LogP contribution in [0.25, 0.3) is 0 Å². The summed E-state index contributed by atoms with van der Waals surface area (Å²) in [6.07, 6.45) is 0.964. The fourth-order valence-electron chi connectivity index (χ4n) is 2.04. The van der Waals surface area contributed by atoms with Crippen molar-refractivity contribution in [1.82, 2.24) is 4.90 Å². The maximum absolute atomic E-state index is 12.4. The van der Waals surface area contributed by atoms with Crippen LogP contribution >= 0.6 is 43.5 Å². The normalized spacial score (nSPS) is 24.1. The molecule has 1 aromatic rings. The summed E-state index contributed by atoms with van der Waals surface area (Å²) in [7, 11) is 0. The maximum atomic E-state index is 12.4. The van der Waals surface area contributed by atoms with Gasteiger partial charge in [-0.05, 0) is 46.5 Å². The lowest BCUT2D eigenvalue weighted by atomic mass is 9.98. The van der Waals surface area contributed by atoms with Gasteiger partial charge in [-0.15, -0.1) is 11.6 Å². The van der Waals surface area contributed by atoms with E-state index in [2.05, 4.69) is 38.8 Å². The quantitative estimate of drug-likeness (QED) is 0.649. The summed E-state index contributed by atoms with van der Waals surface area (Å²) < 4.78 is 1.72. The molecule has 0 aliphatic carbocycles. The highest BCUT2D eigenvalue weighted by atomic mass is 79.9. The van der Waals surface area contributed by atoms with Crippen LogP contribution in [0.2, 0.25) is 0 Å². The van der Waals surface area contributed by atoms with Gasteiger partial charge in [-0.1, -0.05) is 22.9 Å². The Labute approximate surface area is 129 Å². The van der Waals surface area contributed by atoms with Crippen molar-refractivity contribution in [2.75, 3.05) is 13.1 Å². The fourth-order valence-corrected chi connectivity index (χ4v) is 3.11. The second-order valence-corrected chi connectivity index (χ2v) is 6.99. The Morgan fingerprint density at radius 1 is 1.44 bits per heavy atom. The number of benzene rings is 1. The molecule has 1 aliphatic heterocycles. The highest BCUT2D eigenvalue weighted by Gasteiger charge is 2.28. The van der Waals surface area contributed by atoms with Crippen LogP contribution in [-0.4, -0.2) is 29.3 Å². The number of carbonyl (C=O) groups is 1. The number of alkyl halides is 1. The maximum Gasteiger partial charge on any atom is 0.255 e. The molecule has 1 aliphatic rings. The van der Waals surface area contributed by atoms with Crippen LogP contribution in [0.1, 0.15) is 23.7 Å². The zero-order valence-corrected chi connectivity index (χ0v) is 13.9. The molecule has 2 nitrogen and oxygen atoms in total. The van der Waals surface area contributed by atoms with Crippen molar-refractivity contribution < 1.29 is 4.79 Å². The number of halogens is 3. The van der Waals surface area contributed by atoms with E-state index in [4.69, 9.17) is 11.6 Å². The Bertz CT molecular complexity index is 466. The molecule has 2 atom stereocenters. The molecule has 1 amide bonds. The van der Waals surface area contributed by atoms with Crippen LogP contribution in [-0.2, 0) is 0 Å². The molecule has 2 rings (SSSR count). The van der Waals surface area contributed by atoms with E-state index in [1.807, 2.05) is 23.1 Å². The lowest BCUT2D eigenvalue weighted by Crippen LogP contribution is -2.43. The minimum absolute atomic E-state index is 0.0423. The van der Waals surface area contributed by atoms with Crippen molar-refractivity contribution in [2.24, 2.45) is 5.92 Å². The van der Waals surface area contributed by atoms with Crippen molar-refractivity contribution in [3.63, 3.8) is 0 Å². The predicted molar refractivity (Wildman–Crippen MR) is 81.2 cm³/mol. The van der Waals surface area contributed by atoms with Crippen LogP contribution in [0.4, 0.5) is 0 Å². The number of amides is 1. The van der Waals surface area contributed by atoms with Gasteiger partial charge < -0.3 is 4.90 Å². The molecule has 98 valence electrons. The van der Waals surface area contributed by atoms with Gasteiger partial charge in [-0.3, -0.25) is 4.79 Å². The third-order valence-corrected chi connectivity index (χ3v) is 5.07. The molecule has 1 heterocycles. The highest BCUT2D eigenvalue weighted by molar-refractivity contribution is 9.11. The summed E-state index contributed by atoms with van der Waals surface area (Å²) in [6.45, 7) is 3.54. The Balaban J connectivity index is 2.19. The molecule has 2 unspecified atom stereocenters. The fraction of sp³-hybridized carbons (Fsp3) is 0.462. The van der Waals surface area contributed by atoms with Crippen molar-refractivity contribution >= 4 is 49.4 Å². The molecular formula is C13H14Br2ClNO. The van der Waals surface area contributed by atoms with Gasteiger partial charge >= 0.3 is 0 Å². The zero-order chi connectivity index (χ0) is 13.3. The molecule has 0 saturated carbocycles. The van der Waals surface area contributed by atoms with E-state index < -0.39 is 0 Å². The number of rotatable bonds is 1. The predicted octanol–water partition coefficient (Wildman–Crippen LogP) is 4.30. The van der Waals surface area contributed by atoms with Crippen molar-refractivity contribution in [3.8, 4) is 0 Å². The molecule has 0 radical (unpaired) electrons. The first kappa shape index (κ1) is 14.4. The van der Waals surface area contributed by atoms with Crippen molar-refractivity contribution in [2.45, 2.75) is 18.7 Å². The van der Waals surface area contributed by atoms with Gasteiger partial charge in [-0.2, -0.15) is 0 Å². The standard InChI is InChI=1S/C13H14Br2ClNO/c1-8-4-5-17(7-12(8)16)13(18)10-6-9(14)2-3-11(10)15/h2-3,6,8,12H,4-5,7H2,1H3. The molecule has 0 spiro atoms. The summed E-state index contributed by atoms with van der Waals surface area (Å²) in [6, 6.07) is 5.62. The first-order chi connectivity index (χ1) is 8.49. The summed E-state index contributed by atoms with van der Waals surface area (Å²) in [5.41, 5.74) is 0.683. The Morgan fingerprint density at radius 3 is 2.83 bits per heavy atom. The van der Waals surface area contributed by atoms with Crippen LogP contribution in [0.15, 0.2) is 27.1 Å². The van der Waals surface area contributed by atoms with E-state index in [9.17, 15) is 4.79 Å². The zero-order valence-electron chi connectivity index (χ0n) is 10.00. The molecular weight excluding hydrogens is 381 g/mol. The van der Waals surface area contributed by atoms with Crippen LogP contribution < -0.4 is 0 Å². The van der Waals surface area contributed by atoms with Crippen LogP contribution in [0.3, 0.4) is 0 Å². The number of carbonyl (C=O) groups excluding carboxylic acids is 1. The number of hydrogen-bond acceptors (Lipinski definition) is 1. The van der Waals surface area contributed by atoms with Crippen molar-refractivity contribution in [1.29, 1.82) is 0 Å². The van der Waals surface area contributed by atoms with E-state index >= 15 is 0 Å². The Morgan fingerprint density at radius 2 is 2.17 bits per heavy atom. The molecule has 0 aromatic heterocycles. The van der Waals surface area contributed by atoms with E-state index in [1.165, 1.54) is 0 Å². The van der Waals surface area contributed by atoms with E-state index in [-0.39, 0.29) is 11.3 Å². The second kappa shape index (κ2) is 5.93. The minimum Gasteiger partial charge on any atom is -0.337 e. The van der Waals surface area contributed by atoms with Gasteiger partial charge in [0.2, 0.25) is 0 Å². The number of likely N-dealkylation sites (tertiary alicyclic amines) is 1. The molecule has 1 aromatic carbocycles. The lowest BCUT2D eigenvalue weighted by Gasteiger charge is -2.34. The van der Waals surface area contributed by atoms with Gasteiger partial charge in [0.15, 0.2) is 0 Å². The Hall–Kier alpha value is -0.0600. The van der Waals surface area contributed by atoms with E-state index in [0.717, 1.165) is 21.9 Å². The van der Waals surface area contributed by atoms with Gasteiger partial charge in [0, 0.05) is 22.0 Å². The molecule has 18 heavy (non-hydrogen) atoms. The van der Waals surface area contributed by atoms with Gasteiger partial charge in [0.05, 0.1) is 10.9 Å². The lowest BCUT2D eigenvalue weighted by molar-refractivity contribution is 0.0700. The van der Waals surface area contributed by atoms with Gasteiger partial charge in [-0.25, -0.2) is 0 Å². The number of nitrogens with zero attached hydrogens (tertiary/aromatic N) is 1. The minimum atomic E-state index is 0.0423. The first-order valence-corrected chi connectivity index (χ1v) is 7.89. The largest absolute Gasteiger partial charge is 0.337 e. The topological polar surface area (TPSA) is 20.3 Å². The summed E-state index contributed by atoms with van der Waals surface area (Å²) in [5, 5.41) is 0.0497. The summed E-state index contributed by atoms with van der Waals surface area (Å²) >= 11 is 13.1. The van der Waals surface area contributed by atoms with E-state index in [0.29, 0.717) is 18.0 Å². The number of hydrogen-bond donors (Lipinski definition) is 0. The second-order valence-electron chi connectivity index (χ2n) is 4.66. The average molecular weight is 396 g/mol. The summed E-state index contributed by atoms with van der Waals surface area (Å²) in [4.78, 5) is 14.3. The summed E-state index contributed by atoms with van der Waals surface area (Å²) in [5.74, 6) is 0.516. The van der Waals surface area contributed by atoms with Crippen LogP contribution in [0.5, 0.6) is 0 Å². The van der Waals surface area contributed by atoms with Gasteiger partial charge in [0.1, 0.15) is 0 Å². The average Bonchev–Trinajstić information content (AvgIpc) is 2.35. The molecule has 1 fully saturated rings. The first-order valence-electron chi connectivity index (χ1n) is 5.87.